The summed E-state index contributed by atoms with van der Waals surface area (Å²) in [5, 5.41) is 6.58. The molecule has 110 valence electrons. The molecule has 1 saturated heterocycles. The molecule has 2 fully saturated rings. The van der Waals surface area contributed by atoms with Crippen molar-refractivity contribution in [2.45, 2.75) is 19.4 Å². The van der Waals surface area contributed by atoms with E-state index in [-0.39, 0.29) is 17.4 Å². The standard InChI is InChI=1S/C17H21N3O/c1-17(2,11-7-12-5-3-4-6-20(12)10-11)19-16(21)15-13-8-18-9-14(13)15/h3-7,10,13-15,18H,8-9H2,1-2H3,(H,19,21). The minimum atomic E-state index is -0.340. The molecule has 1 aliphatic carbocycles. The van der Waals surface area contributed by atoms with E-state index in [1.807, 2.05) is 18.3 Å². The monoisotopic (exact) mass is 283 g/mol. The third-order valence-electron chi connectivity index (χ3n) is 5.06. The number of amides is 1. The molecule has 0 radical (unpaired) electrons. The van der Waals surface area contributed by atoms with E-state index in [1.165, 1.54) is 0 Å². The van der Waals surface area contributed by atoms with E-state index in [1.54, 1.807) is 0 Å². The molecule has 2 atom stereocenters. The largest absolute Gasteiger partial charge is 0.347 e. The number of piperidine rings is 1. The first kappa shape index (κ1) is 12.9. The average molecular weight is 283 g/mol. The Balaban J connectivity index is 1.54. The van der Waals surface area contributed by atoms with Crippen LogP contribution >= 0.6 is 0 Å². The smallest absolute Gasteiger partial charge is 0.224 e. The number of rotatable bonds is 3. The molecule has 2 aliphatic rings. The summed E-state index contributed by atoms with van der Waals surface area (Å²) < 4.78 is 2.10. The number of nitrogens with one attached hydrogen (secondary N) is 2. The third kappa shape index (κ3) is 2.05. The quantitative estimate of drug-likeness (QED) is 0.901. The molecule has 0 spiro atoms. The summed E-state index contributed by atoms with van der Waals surface area (Å²) in [6.45, 7) is 6.16. The summed E-state index contributed by atoms with van der Waals surface area (Å²) in [4.78, 5) is 12.5. The topological polar surface area (TPSA) is 45.5 Å². The molecule has 4 nitrogen and oxygen atoms in total. The molecule has 3 heterocycles. The van der Waals surface area contributed by atoms with Crippen molar-refractivity contribution in [2.24, 2.45) is 17.8 Å². The van der Waals surface area contributed by atoms with Crippen molar-refractivity contribution < 1.29 is 4.79 Å². The molecule has 1 amide bonds. The number of nitrogens with zero attached hydrogens (tertiary/aromatic N) is 1. The van der Waals surface area contributed by atoms with E-state index in [4.69, 9.17) is 0 Å². The summed E-state index contributed by atoms with van der Waals surface area (Å²) in [7, 11) is 0. The normalized spacial score (nSPS) is 27.6. The average Bonchev–Trinajstić information content (AvgIpc) is 2.82. The van der Waals surface area contributed by atoms with Crippen LogP contribution in [0.2, 0.25) is 0 Å². The van der Waals surface area contributed by atoms with Crippen molar-refractivity contribution >= 4 is 11.4 Å². The Hall–Kier alpha value is -1.81. The van der Waals surface area contributed by atoms with Crippen LogP contribution in [0.15, 0.2) is 36.7 Å². The van der Waals surface area contributed by atoms with Gasteiger partial charge in [0.1, 0.15) is 0 Å². The highest BCUT2D eigenvalue weighted by atomic mass is 16.2. The predicted octanol–water partition coefficient (Wildman–Crippen LogP) is 1.76. The lowest BCUT2D eigenvalue weighted by Crippen LogP contribution is -2.42. The SMILES string of the molecule is CC(C)(NC(=O)C1C2CNCC21)c1cc2ccccn2c1. The van der Waals surface area contributed by atoms with Crippen LogP contribution in [0.1, 0.15) is 19.4 Å². The van der Waals surface area contributed by atoms with Crippen LogP contribution in [-0.2, 0) is 10.3 Å². The second kappa shape index (κ2) is 4.34. The summed E-state index contributed by atoms with van der Waals surface area (Å²) >= 11 is 0. The van der Waals surface area contributed by atoms with Gasteiger partial charge in [0.05, 0.1) is 5.54 Å². The molecule has 0 aromatic carbocycles. The highest BCUT2D eigenvalue weighted by Crippen LogP contribution is 2.49. The van der Waals surface area contributed by atoms with Gasteiger partial charge < -0.3 is 15.0 Å². The van der Waals surface area contributed by atoms with Crippen LogP contribution in [0.3, 0.4) is 0 Å². The number of aromatic nitrogens is 1. The van der Waals surface area contributed by atoms with Gasteiger partial charge in [0, 0.05) is 23.8 Å². The highest BCUT2D eigenvalue weighted by Gasteiger charge is 2.57. The molecular formula is C17H21N3O. The van der Waals surface area contributed by atoms with Crippen LogP contribution in [0.5, 0.6) is 0 Å². The van der Waals surface area contributed by atoms with Crippen LogP contribution in [0.25, 0.3) is 5.52 Å². The molecular weight excluding hydrogens is 262 g/mol. The fourth-order valence-corrected chi connectivity index (χ4v) is 3.67. The van der Waals surface area contributed by atoms with Gasteiger partial charge in [0.25, 0.3) is 0 Å². The minimum Gasteiger partial charge on any atom is -0.347 e. The first-order valence-corrected chi connectivity index (χ1v) is 7.66. The summed E-state index contributed by atoms with van der Waals surface area (Å²) in [6.07, 6.45) is 4.14. The zero-order valence-electron chi connectivity index (χ0n) is 12.5. The number of fused-ring (bicyclic) bond motifs is 2. The van der Waals surface area contributed by atoms with Crippen molar-refractivity contribution in [1.29, 1.82) is 0 Å². The van der Waals surface area contributed by atoms with E-state index in [9.17, 15) is 4.79 Å². The molecule has 1 saturated carbocycles. The Bertz CT molecular complexity index is 660. The molecule has 2 aromatic heterocycles. The van der Waals surface area contributed by atoms with Gasteiger partial charge in [-0.05, 0) is 62.5 Å². The third-order valence-corrected chi connectivity index (χ3v) is 5.06. The highest BCUT2D eigenvalue weighted by molar-refractivity contribution is 5.83. The number of hydrogen-bond donors (Lipinski definition) is 2. The maximum atomic E-state index is 12.5. The molecule has 21 heavy (non-hydrogen) atoms. The lowest BCUT2D eigenvalue weighted by Gasteiger charge is -2.26. The lowest BCUT2D eigenvalue weighted by molar-refractivity contribution is -0.124. The molecule has 2 N–H and O–H groups in total. The molecule has 2 unspecified atom stereocenters. The first-order valence-electron chi connectivity index (χ1n) is 7.66. The van der Waals surface area contributed by atoms with E-state index in [0.717, 1.165) is 24.2 Å². The number of carbonyl (C=O) groups excluding carboxylic acids is 1. The Morgan fingerprint density at radius 3 is 2.81 bits per heavy atom. The Morgan fingerprint density at radius 2 is 2.10 bits per heavy atom. The van der Waals surface area contributed by atoms with Crippen molar-refractivity contribution in [3.8, 4) is 0 Å². The second-order valence-corrected chi connectivity index (χ2v) is 6.89. The van der Waals surface area contributed by atoms with E-state index >= 15 is 0 Å². The van der Waals surface area contributed by atoms with E-state index < -0.39 is 0 Å². The summed E-state index contributed by atoms with van der Waals surface area (Å²) in [6, 6.07) is 8.28. The molecule has 0 bridgehead atoms. The predicted molar refractivity (Wildman–Crippen MR) is 81.9 cm³/mol. The van der Waals surface area contributed by atoms with Crippen molar-refractivity contribution in [3.63, 3.8) is 0 Å². The summed E-state index contributed by atoms with van der Waals surface area (Å²) in [5.41, 5.74) is 1.96. The van der Waals surface area contributed by atoms with Gasteiger partial charge >= 0.3 is 0 Å². The van der Waals surface area contributed by atoms with Gasteiger partial charge in [0.2, 0.25) is 5.91 Å². The maximum Gasteiger partial charge on any atom is 0.224 e. The van der Waals surface area contributed by atoms with Gasteiger partial charge in [-0.1, -0.05) is 6.07 Å². The Morgan fingerprint density at radius 1 is 1.33 bits per heavy atom. The Labute approximate surface area is 124 Å². The number of hydrogen-bond acceptors (Lipinski definition) is 2. The van der Waals surface area contributed by atoms with E-state index in [0.29, 0.717) is 11.8 Å². The van der Waals surface area contributed by atoms with Crippen LogP contribution in [-0.4, -0.2) is 23.4 Å². The van der Waals surface area contributed by atoms with Gasteiger partial charge in [0.15, 0.2) is 0 Å². The maximum absolute atomic E-state index is 12.5. The number of pyridine rings is 1. The van der Waals surface area contributed by atoms with Gasteiger partial charge in [-0.3, -0.25) is 4.79 Å². The molecule has 2 aromatic rings. The van der Waals surface area contributed by atoms with Crippen molar-refractivity contribution in [2.75, 3.05) is 13.1 Å². The molecule has 1 aliphatic heterocycles. The van der Waals surface area contributed by atoms with Crippen molar-refractivity contribution in [1.82, 2.24) is 15.0 Å². The fourth-order valence-electron chi connectivity index (χ4n) is 3.67. The van der Waals surface area contributed by atoms with Gasteiger partial charge in [-0.25, -0.2) is 0 Å². The lowest BCUT2D eigenvalue weighted by atomic mass is 9.96. The Kier molecular flexibility index (Phi) is 2.67. The first-order chi connectivity index (χ1) is 10.1. The number of carbonyl (C=O) groups is 1. The van der Waals surface area contributed by atoms with Crippen molar-refractivity contribution in [3.05, 3.63) is 42.2 Å². The second-order valence-electron chi connectivity index (χ2n) is 6.89. The van der Waals surface area contributed by atoms with E-state index in [2.05, 4.69) is 47.2 Å². The van der Waals surface area contributed by atoms with Gasteiger partial charge in [-0.2, -0.15) is 0 Å². The van der Waals surface area contributed by atoms with Gasteiger partial charge in [-0.15, -0.1) is 0 Å². The van der Waals surface area contributed by atoms with Crippen LogP contribution in [0, 0.1) is 17.8 Å². The zero-order chi connectivity index (χ0) is 14.6. The fraction of sp³-hybridized carbons (Fsp3) is 0.471. The zero-order valence-corrected chi connectivity index (χ0v) is 12.5. The van der Waals surface area contributed by atoms with Crippen LogP contribution in [0.4, 0.5) is 0 Å². The summed E-state index contributed by atoms with van der Waals surface area (Å²) in [5.74, 6) is 1.57. The van der Waals surface area contributed by atoms with Crippen LogP contribution < -0.4 is 10.6 Å². The molecule has 4 heteroatoms. The minimum absolute atomic E-state index is 0.215. The molecule has 4 rings (SSSR count).